The monoisotopic (exact) mass is 304 g/mol. The fraction of sp³-hybridized carbons (Fsp3) is 0.632. The Morgan fingerprint density at radius 1 is 1.09 bits per heavy atom. The number of benzene rings is 1. The molecule has 0 aliphatic heterocycles. The van der Waals surface area contributed by atoms with Crippen LogP contribution in [-0.4, -0.2) is 42.9 Å². The average Bonchev–Trinajstić information content (AvgIpc) is 2.43. The number of likely N-dealkylation sites (N-methyl/N-ethyl adjacent to an activating group) is 1. The topological polar surface area (TPSA) is 23.6 Å². The van der Waals surface area contributed by atoms with Gasteiger partial charge in [-0.15, -0.1) is 0 Å². The van der Waals surface area contributed by atoms with Crippen molar-refractivity contribution in [2.24, 2.45) is 11.3 Å². The summed E-state index contributed by atoms with van der Waals surface area (Å²) in [6, 6.07) is 10.2. The molecule has 1 aromatic rings. The van der Waals surface area contributed by atoms with E-state index in [1.54, 1.807) is 0 Å². The SMILES string of the molecule is CC(CC(=O)N(CCN(C)C)Cc1ccccc1)C(C)(C)C. The molecule has 0 N–H and O–H groups in total. The van der Waals surface area contributed by atoms with E-state index in [9.17, 15) is 4.79 Å². The highest BCUT2D eigenvalue weighted by molar-refractivity contribution is 5.76. The highest BCUT2D eigenvalue weighted by atomic mass is 16.2. The van der Waals surface area contributed by atoms with Crippen LogP contribution < -0.4 is 0 Å². The van der Waals surface area contributed by atoms with E-state index in [1.807, 2.05) is 37.2 Å². The summed E-state index contributed by atoms with van der Waals surface area (Å²) in [6.07, 6.45) is 0.615. The molecule has 0 aliphatic rings. The summed E-state index contributed by atoms with van der Waals surface area (Å²) >= 11 is 0. The summed E-state index contributed by atoms with van der Waals surface area (Å²) in [6.45, 7) is 11.1. The van der Waals surface area contributed by atoms with Crippen molar-refractivity contribution in [1.29, 1.82) is 0 Å². The van der Waals surface area contributed by atoms with Crippen LogP contribution in [0.5, 0.6) is 0 Å². The molecule has 0 heterocycles. The van der Waals surface area contributed by atoms with Gasteiger partial charge < -0.3 is 9.80 Å². The van der Waals surface area contributed by atoms with Crippen LogP contribution in [0.1, 0.15) is 39.7 Å². The molecule has 124 valence electrons. The molecule has 1 aromatic carbocycles. The molecule has 1 unspecified atom stereocenters. The van der Waals surface area contributed by atoms with Crippen molar-refractivity contribution in [1.82, 2.24) is 9.80 Å². The van der Waals surface area contributed by atoms with Gasteiger partial charge in [0.25, 0.3) is 0 Å². The van der Waals surface area contributed by atoms with Gasteiger partial charge in [0.2, 0.25) is 5.91 Å². The van der Waals surface area contributed by atoms with Crippen molar-refractivity contribution in [2.45, 2.75) is 40.7 Å². The summed E-state index contributed by atoms with van der Waals surface area (Å²) in [5.41, 5.74) is 1.35. The van der Waals surface area contributed by atoms with Crippen LogP contribution in [0.15, 0.2) is 30.3 Å². The molecule has 0 spiro atoms. The number of hydrogen-bond acceptors (Lipinski definition) is 2. The average molecular weight is 304 g/mol. The Morgan fingerprint density at radius 2 is 1.68 bits per heavy atom. The molecule has 0 saturated carbocycles. The molecule has 22 heavy (non-hydrogen) atoms. The predicted molar refractivity (Wildman–Crippen MR) is 93.6 cm³/mol. The fourth-order valence-corrected chi connectivity index (χ4v) is 2.11. The molecule has 0 radical (unpaired) electrons. The van der Waals surface area contributed by atoms with Gasteiger partial charge in [-0.25, -0.2) is 0 Å². The molecule has 0 bridgehead atoms. The minimum Gasteiger partial charge on any atom is -0.337 e. The van der Waals surface area contributed by atoms with Crippen molar-refractivity contribution in [3.05, 3.63) is 35.9 Å². The third-order valence-corrected chi connectivity index (χ3v) is 4.35. The van der Waals surface area contributed by atoms with Crippen LogP contribution in [-0.2, 0) is 11.3 Å². The zero-order chi connectivity index (χ0) is 16.8. The van der Waals surface area contributed by atoms with Gasteiger partial charge in [-0.1, -0.05) is 58.0 Å². The van der Waals surface area contributed by atoms with Crippen molar-refractivity contribution in [2.75, 3.05) is 27.2 Å². The number of rotatable bonds is 7. The first kappa shape index (κ1) is 18.7. The van der Waals surface area contributed by atoms with Crippen LogP contribution in [0.4, 0.5) is 0 Å². The second kappa shape index (κ2) is 8.33. The molecule has 0 aromatic heterocycles. The minimum atomic E-state index is 0.162. The summed E-state index contributed by atoms with van der Waals surface area (Å²) in [7, 11) is 4.09. The Balaban J connectivity index is 2.74. The number of hydrogen-bond donors (Lipinski definition) is 0. The van der Waals surface area contributed by atoms with E-state index in [-0.39, 0.29) is 11.3 Å². The van der Waals surface area contributed by atoms with Crippen LogP contribution in [0.2, 0.25) is 0 Å². The van der Waals surface area contributed by atoms with E-state index in [1.165, 1.54) is 5.56 Å². The number of carbonyl (C=O) groups excluding carboxylic acids is 1. The third-order valence-electron chi connectivity index (χ3n) is 4.35. The van der Waals surface area contributed by atoms with Gasteiger partial charge in [-0.2, -0.15) is 0 Å². The van der Waals surface area contributed by atoms with Gasteiger partial charge >= 0.3 is 0 Å². The van der Waals surface area contributed by atoms with Crippen molar-refractivity contribution in [3.8, 4) is 0 Å². The Labute approximate surface area is 136 Å². The lowest BCUT2D eigenvalue weighted by molar-refractivity contribution is -0.133. The molecular weight excluding hydrogens is 272 g/mol. The molecule has 1 atom stereocenters. The summed E-state index contributed by atoms with van der Waals surface area (Å²) < 4.78 is 0. The standard InChI is InChI=1S/C19H32N2O/c1-16(19(2,3)4)14-18(22)21(13-12-20(5)6)15-17-10-8-7-9-11-17/h7-11,16H,12-15H2,1-6H3. The van der Waals surface area contributed by atoms with E-state index in [0.29, 0.717) is 18.9 Å². The van der Waals surface area contributed by atoms with E-state index in [4.69, 9.17) is 0 Å². The number of nitrogens with zero attached hydrogens (tertiary/aromatic N) is 2. The molecule has 3 nitrogen and oxygen atoms in total. The lowest BCUT2D eigenvalue weighted by atomic mass is 9.80. The molecule has 3 heteroatoms. The minimum absolute atomic E-state index is 0.162. The molecule has 1 amide bonds. The maximum absolute atomic E-state index is 12.7. The highest BCUT2D eigenvalue weighted by Crippen LogP contribution is 2.28. The lowest BCUT2D eigenvalue weighted by Crippen LogP contribution is -2.38. The van der Waals surface area contributed by atoms with Crippen LogP contribution in [0.25, 0.3) is 0 Å². The van der Waals surface area contributed by atoms with Gasteiger partial charge in [0.1, 0.15) is 0 Å². The normalized spacial score (nSPS) is 13.2. The Bertz CT molecular complexity index is 448. The van der Waals surface area contributed by atoms with Crippen LogP contribution >= 0.6 is 0 Å². The fourth-order valence-electron chi connectivity index (χ4n) is 2.11. The third kappa shape index (κ3) is 6.61. The first-order chi connectivity index (χ1) is 10.2. The van der Waals surface area contributed by atoms with Gasteiger partial charge in [-0.3, -0.25) is 4.79 Å². The van der Waals surface area contributed by atoms with Crippen molar-refractivity contribution >= 4 is 5.91 Å². The van der Waals surface area contributed by atoms with E-state index in [2.05, 4.69) is 44.7 Å². The molecular formula is C19H32N2O. The molecule has 1 rings (SSSR count). The molecule has 0 fully saturated rings. The van der Waals surface area contributed by atoms with Crippen molar-refractivity contribution < 1.29 is 4.79 Å². The maximum Gasteiger partial charge on any atom is 0.223 e. The van der Waals surface area contributed by atoms with Crippen molar-refractivity contribution in [3.63, 3.8) is 0 Å². The summed E-state index contributed by atoms with van der Waals surface area (Å²) in [4.78, 5) is 16.8. The second-order valence-electron chi connectivity index (χ2n) is 7.58. The van der Waals surface area contributed by atoms with Crippen LogP contribution in [0, 0.1) is 11.3 Å². The maximum atomic E-state index is 12.7. The highest BCUT2D eigenvalue weighted by Gasteiger charge is 2.25. The van der Waals surface area contributed by atoms with Gasteiger partial charge in [-0.05, 0) is 31.0 Å². The second-order valence-corrected chi connectivity index (χ2v) is 7.58. The van der Waals surface area contributed by atoms with Gasteiger partial charge in [0.15, 0.2) is 0 Å². The van der Waals surface area contributed by atoms with Gasteiger partial charge in [0, 0.05) is 26.1 Å². The number of amides is 1. The zero-order valence-electron chi connectivity index (χ0n) is 15.1. The summed E-state index contributed by atoms with van der Waals surface area (Å²) in [5, 5.41) is 0. The molecule has 0 saturated heterocycles. The summed E-state index contributed by atoms with van der Waals surface area (Å²) in [5.74, 6) is 0.630. The lowest BCUT2D eigenvalue weighted by Gasteiger charge is -2.30. The van der Waals surface area contributed by atoms with E-state index >= 15 is 0 Å². The Kier molecular flexibility index (Phi) is 7.08. The van der Waals surface area contributed by atoms with E-state index in [0.717, 1.165) is 13.1 Å². The zero-order valence-corrected chi connectivity index (χ0v) is 15.1. The quantitative estimate of drug-likeness (QED) is 0.767. The smallest absolute Gasteiger partial charge is 0.223 e. The van der Waals surface area contributed by atoms with Gasteiger partial charge in [0.05, 0.1) is 0 Å². The largest absolute Gasteiger partial charge is 0.337 e. The Morgan fingerprint density at radius 3 is 2.18 bits per heavy atom. The van der Waals surface area contributed by atoms with Crippen LogP contribution in [0.3, 0.4) is 0 Å². The van der Waals surface area contributed by atoms with E-state index < -0.39 is 0 Å². The predicted octanol–water partition coefficient (Wildman–Crippen LogP) is 3.65. The first-order valence-corrected chi connectivity index (χ1v) is 8.16. The first-order valence-electron chi connectivity index (χ1n) is 8.16. The molecule has 0 aliphatic carbocycles. The number of carbonyl (C=O) groups is 1. The Hall–Kier alpha value is -1.35.